The Bertz CT molecular complexity index is 576. The van der Waals surface area contributed by atoms with E-state index in [4.69, 9.17) is 28.3 Å². The van der Waals surface area contributed by atoms with E-state index in [0.29, 0.717) is 21.9 Å². The highest BCUT2D eigenvalue weighted by Crippen LogP contribution is 2.00. The molecule has 1 amide bonds. The summed E-state index contributed by atoms with van der Waals surface area (Å²) in [5.41, 5.74) is 11.4. The van der Waals surface area contributed by atoms with E-state index >= 15 is 0 Å². The maximum atomic E-state index is 10.4. The van der Waals surface area contributed by atoms with Crippen molar-refractivity contribution in [2.45, 2.75) is 6.04 Å². The number of hydrogen-bond donors (Lipinski definition) is 3. The second-order valence-corrected chi connectivity index (χ2v) is 3.58. The Morgan fingerprint density at radius 3 is 2.82 bits per heavy atom. The van der Waals surface area contributed by atoms with E-state index in [1.54, 1.807) is 18.2 Å². The molecule has 0 heterocycles. The molecule has 0 spiro atoms. The summed E-state index contributed by atoms with van der Waals surface area (Å²) in [6.07, 6.45) is 1.74. The van der Waals surface area contributed by atoms with E-state index in [2.05, 4.69) is 5.32 Å². The van der Waals surface area contributed by atoms with Crippen molar-refractivity contribution in [3.8, 4) is 6.07 Å². The smallest absolute Gasteiger partial charge is 0.208 e. The normalized spacial score (nSPS) is 14.7. The number of nitrogens with two attached hydrogens (primary N) is 2. The Balaban J connectivity index is 3.60. The predicted octanol–water partition coefficient (Wildman–Crippen LogP) is -1.26. The molecule has 0 aliphatic heterocycles. The topological polar surface area (TPSA) is 105 Å². The number of hydrogen-bond acceptors (Lipinski definition) is 4. The molecule has 5 N–H and O–H groups in total. The molecule has 6 heteroatoms. The van der Waals surface area contributed by atoms with E-state index in [9.17, 15) is 4.79 Å². The minimum absolute atomic E-state index is 0.155. The Labute approximate surface area is 103 Å². The number of benzene rings is 1. The number of halogens is 1. The van der Waals surface area contributed by atoms with Gasteiger partial charge in [-0.3, -0.25) is 4.79 Å². The Hall–Kier alpha value is -2.19. The number of amides is 1. The van der Waals surface area contributed by atoms with Crippen LogP contribution in [0.15, 0.2) is 18.2 Å². The molecular weight excluding hydrogens is 240 g/mol. The summed E-state index contributed by atoms with van der Waals surface area (Å²) in [5, 5.41) is 12.6. The van der Waals surface area contributed by atoms with E-state index in [1.165, 1.54) is 6.20 Å². The molecule has 1 aromatic rings. The van der Waals surface area contributed by atoms with Gasteiger partial charge in [0.1, 0.15) is 0 Å². The van der Waals surface area contributed by atoms with Gasteiger partial charge in [0.05, 0.1) is 16.8 Å². The number of carbonyl (C=O) groups is 1. The largest absolute Gasteiger partial charge is 0.404 e. The van der Waals surface area contributed by atoms with Crippen LogP contribution in [0.2, 0.25) is 5.02 Å². The van der Waals surface area contributed by atoms with Gasteiger partial charge in [-0.25, -0.2) is 0 Å². The number of nitrogens with one attached hydrogen (secondary N) is 1. The zero-order valence-corrected chi connectivity index (χ0v) is 9.61. The van der Waals surface area contributed by atoms with Crippen LogP contribution in [0, 0.1) is 11.3 Å². The number of carbonyl (C=O) groups excluding carboxylic acids is 1. The summed E-state index contributed by atoms with van der Waals surface area (Å²) in [4.78, 5) is 10.4. The van der Waals surface area contributed by atoms with Crippen molar-refractivity contribution >= 4 is 29.9 Å². The summed E-state index contributed by atoms with van der Waals surface area (Å²) in [7, 11) is 0. The maximum Gasteiger partial charge on any atom is 0.208 e. The number of nitriles is 1. The molecule has 0 fully saturated rings. The van der Waals surface area contributed by atoms with Crippen LogP contribution < -0.4 is 27.2 Å². The van der Waals surface area contributed by atoms with Gasteiger partial charge in [-0.05, 0) is 6.07 Å². The summed E-state index contributed by atoms with van der Waals surface area (Å²) < 4.78 is 0. The van der Waals surface area contributed by atoms with Crippen LogP contribution >= 0.6 is 11.6 Å². The van der Waals surface area contributed by atoms with Crippen LogP contribution in [0.25, 0.3) is 11.9 Å². The van der Waals surface area contributed by atoms with E-state index < -0.39 is 6.04 Å². The Morgan fingerprint density at radius 2 is 2.29 bits per heavy atom. The highest BCUT2D eigenvalue weighted by molar-refractivity contribution is 6.30. The number of rotatable bonds is 3. The minimum Gasteiger partial charge on any atom is -0.404 e. The lowest BCUT2D eigenvalue weighted by molar-refractivity contribution is -0.109. The van der Waals surface area contributed by atoms with Crippen molar-refractivity contribution < 1.29 is 4.79 Å². The van der Waals surface area contributed by atoms with Crippen LogP contribution in [0.4, 0.5) is 0 Å². The molecule has 0 saturated carbocycles. The molecule has 1 unspecified atom stereocenters. The van der Waals surface area contributed by atoms with Crippen LogP contribution in [0.3, 0.4) is 0 Å². The third-order valence-electron chi connectivity index (χ3n) is 2.19. The first-order valence-electron chi connectivity index (χ1n) is 4.71. The van der Waals surface area contributed by atoms with Crippen LogP contribution in [-0.2, 0) is 4.79 Å². The Morgan fingerprint density at radius 1 is 1.59 bits per heavy atom. The molecular formula is C11H11ClN4O. The van der Waals surface area contributed by atoms with E-state index in [-0.39, 0.29) is 5.70 Å². The fourth-order valence-corrected chi connectivity index (χ4v) is 1.68. The first kappa shape index (κ1) is 12.9. The summed E-state index contributed by atoms with van der Waals surface area (Å²) in [6.45, 7) is 0. The van der Waals surface area contributed by atoms with Crippen LogP contribution in [0.5, 0.6) is 0 Å². The fraction of sp³-hybridized carbons (Fsp3) is 0.0909. The van der Waals surface area contributed by atoms with Gasteiger partial charge < -0.3 is 16.8 Å². The van der Waals surface area contributed by atoms with Gasteiger partial charge >= 0.3 is 0 Å². The molecule has 1 rings (SSSR count). The van der Waals surface area contributed by atoms with Crippen LogP contribution in [0.1, 0.15) is 0 Å². The molecule has 0 aliphatic rings. The highest BCUT2D eigenvalue weighted by Gasteiger charge is 2.11. The molecule has 1 aromatic carbocycles. The van der Waals surface area contributed by atoms with Crippen molar-refractivity contribution in [1.29, 1.82) is 5.26 Å². The van der Waals surface area contributed by atoms with Crippen molar-refractivity contribution in [3.63, 3.8) is 0 Å². The lowest BCUT2D eigenvalue weighted by atomic mass is 10.1. The van der Waals surface area contributed by atoms with Crippen molar-refractivity contribution in [2.75, 3.05) is 0 Å². The van der Waals surface area contributed by atoms with Gasteiger partial charge in [-0.2, -0.15) is 5.26 Å². The van der Waals surface area contributed by atoms with Gasteiger partial charge in [0.15, 0.2) is 6.04 Å². The summed E-state index contributed by atoms with van der Waals surface area (Å²) >= 11 is 6.00. The predicted molar refractivity (Wildman–Crippen MR) is 65.6 cm³/mol. The quantitative estimate of drug-likeness (QED) is 0.583. The first-order chi connectivity index (χ1) is 8.15. The second-order valence-electron chi connectivity index (χ2n) is 3.17. The fourth-order valence-electron chi connectivity index (χ4n) is 1.39. The minimum atomic E-state index is -0.939. The van der Waals surface area contributed by atoms with E-state index in [1.807, 2.05) is 6.07 Å². The molecule has 1 atom stereocenters. The van der Waals surface area contributed by atoms with Gasteiger partial charge in [-0.1, -0.05) is 23.7 Å². The maximum absolute atomic E-state index is 10.4. The van der Waals surface area contributed by atoms with Crippen molar-refractivity contribution in [3.05, 3.63) is 33.7 Å². The van der Waals surface area contributed by atoms with Gasteiger partial charge in [0, 0.05) is 16.6 Å². The van der Waals surface area contributed by atoms with Gasteiger partial charge in [0.2, 0.25) is 6.41 Å². The first-order valence-corrected chi connectivity index (χ1v) is 5.09. The number of nitrogens with zero attached hydrogens (tertiary/aromatic N) is 1. The van der Waals surface area contributed by atoms with Crippen LogP contribution in [-0.4, -0.2) is 12.5 Å². The molecule has 0 aromatic heterocycles. The standard InChI is InChI=1S/C11H11ClN4O/c12-8-3-1-2-7(4-13)10(8)11(15)9(5-14)16-6-17/h1-4,6,9H,13,15H2,(H,16,17)/b7-4-,11-10+. The molecule has 88 valence electrons. The van der Waals surface area contributed by atoms with Gasteiger partial charge in [-0.15, -0.1) is 0 Å². The third kappa shape index (κ3) is 2.68. The molecule has 0 bridgehead atoms. The molecule has 0 saturated heterocycles. The molecule has 0 aliphatic carbocycles. The summed E-state index contributed by atoms with van der Waals surface area (Å²) in [5.74, 6) is 0. The second kappa shape index (κ2) is 5.77. The average molecular weight is 251 g/mol. The zero-order chi connectivity index (χ0) is 12.8. The monoisotopic (exact) mass is 250 g/mol. The summed E-state index contributed by atoms with van der Waals surface area (Å²) in [6, 6.07) is 5.98. The molecule has 17 heavy (non-hydrogen) atoms. The lowest BCUT2D eigenvalue weighted by Gasteiger charge is -2.09. The SMILES string of the molecule is N#CC(NC=O)/C(N)=c1\c(Cl)ccc\c1=C\N. The average Bonchev–Trinajstić information content (AvgIpc) is 2.34. The highest BCUT2D eigenvalue weighted by atomic mass is 35.5. The van der Waals surface area contributed by atoms with E-state index in [0.717, 1.165) is 0 Å². The Kier molecular flexibility index (Phi) is 4.37. The van der Waals surface area contributed by atoms with Crippen molar-refractivity contribution in [2.24, 2.45) is 11.5 Å². The zero-order valence-electron chi connectivity index (χ0n) is 8.85. The van der Waals surface area contributed by atoms with Gasteiger partial charge in [0.25, 0.3) is 0 Å². The lowest BCUT2D eigenvalue weighted by Crippen LogP contribution is -2.40. The molecule has 5 nitrogen and oxygen atoms in total. The van der Waals surface area contributed by atoms with Crippen molar-refractivity contribution in [1.82, 2.24) is 5.32 Å². The third-order valence-corrected chi connectivity index (χ3v) is 2.50. The molecule has 0 radical (unpaired) electrons.